The number of carbonyl (C=O) groups is 1. The molecule has 0 radical (unpaired) electrons. The van der Waals surface area contributed by atoms with Crippen LogP contribution in [0.1, 0.15) is 16.1 Å². The Morgan fingerprint density at radius 2 is 2.11 bits per heavy atom. The molecule has 0 aliphatic rings. The van der Waals surface area contributed by atoms with E-state index in [4.69, 9.17) is 16.3 Å². The number of ether oxygens (including phenoxy) is 1. The summed E-state index contributed by atoms with van der Waals surface area (Å²) in [7, 11) is 1.54. The number of anilines is 1. The zero-order valence-corrected chi connectivity index (χ0v) is 11.4. The number of amides is 1. The summed E-state index contributed by atoms with van der Waals surface area (Å²) in [6, 6.07) is 8.61. The normalized spacial score (nSPS) is 10.1. The Hall–Kier alpha value is -2.07. The highest BCUT2D eigenvalue weighted by molar-refractivity contribution is 6.32. The first-order valence-corrected chi connectivity index (χ1v) is 6.05. The highest BCUT2D eigenvalue weighted by atomic mass is 35.5. The molecule has 1 amide bonds. The lowest BCUT2D eigenvalue weighted by atomic mass is 10.2. The molecule has 1 heterocycles. The summed E-state index contributed by atoms with van der Waals surface area (Å²) in [6.45, 7) is 1.91. The topological polar surface area (TPSA) is 51.2 Å². The van der Waals surface area contributed by atoms with Gasteiger partial charge in [0.05, 0.1) is 12.1 Å². The van der Waals surface area contributed by atoms with Crippen LogP contribution in [0.2, 0.25) is 5.02 Å². The summed E-state index contributed by atoms with van der Waals surface area (Å²) in [5.41, 5.74) is 1.94. The number of hydrogen-bond acceptors (Lipinski definition) is 3. The van der Waals surface area contributed by atoms with Crippen molar-refractivity contribution in [3.05, 3.63) is 52.8 Å². The van der Waals surface area contributed by atoms with Gasteiger partial charge in [0.25, 0.3) is 5.91 Å². The van der Waals surface area contributed by atoms with Crippen LogP contribution in [-0.4, -0.2) is 18.0 Å². The summed E-state index contributed by atoms with van der Waals surface area (Å²) in [4.78, 5) is 16.0. The van der Waals surface area contributed by atoms with Gasteiger partial charge >= 0.3 is 0 Å². The molecule has 4 nitrogen and oxygen atoms in total. The van der Waals surface area contributed by atoms with Gasteiger partial charge in [0.15, 0.2) is 0 Å². The fourth-order valence-corrected chi connectivity index (χ4v) is 1.86. The molecule has 0 unspecified atom stereocenters. The van der Waals surface area contributed by atoms with Crippen molar-refractivity contribution in [2.75, 3.05) is 12.4 Å². The third kappa shape index (κ3) is 3.23. The summed E-state index contributed by atoms with van der Waals surface area (Å²) in [5, 5.41) is 3.18. The van der Waals surface area contributed by atoms with Crippen molar-refractivity contribution < 1.29 is 9.53 Å². The average Bonchev–Trinajstić information content (AvgIpc) is 2.39. The van der Waals surface area contributed by atoms with E-state index in [1.807, 2.05) is 13.0 Å². The molecule has 1 aromatic carbocycles. The molecule has 0 spiro atoms. The van der Waals surface area contributed by atoms with Crippen LogP contribution in [0.3, 0.4) is 0 Å². The van der Waals surface area contributed by atoms with Gasteiger partial charge in [-0.3, -0.25) is 9.78 Å². The van der Waals surface area contributed by atoms with Crippen molar-refractivity contribution in [1.29, 1.82) is 0 Å². The Balaban J connectivity index is 2.17. The Labute approximate surface area is 116 Å². The van der Waals surface area contributed by atoms with Crippen LogP contribution < -0.4 is 10.1 Å². The van der Waals surface area contributed by atoms with Crippen molar-refractivity contribution >= 4 is 23.2 Å². The second-order valence-electron chi connectivity index (χ2n) is 4.02. The summed E-state index contributed by atoms with van der Waals surface area (Å²) < 4.78 is 5.05. The lowest BCUT2D eigenvalue weighted by Gasteiger charge is -2.08. The monoisotopic (exact) mass is 276 g/mol. The third-order valence-corrected chi connectivity index (χ3v) is 2.85. The fraction of sp³-hybridized carbons (Fsp3) is 0.143. The van der Waals surface area contributed by atoms with Gasteiger partial charge in [0.2, 0.25) is 0 Å². The number of methoxy groups -OCH3 is 1. The molecule has 19 heavy (non-hydrogen) atoms. The van der Waals surface area contributed by atoms with E-state index in [-0.39, 0.29) is 5.91 Å². The minimum absolute atomic E-state index is 0.273. The number of aryl methyl sites for hydroxylation is 1. The number of nitrogens with one attached hydrogen (secondary N) is 1. The SMILES string of the molecule is COc1ccc(NC(=O)c2cc(C)ccn2)cc1Cl. The smallest absolute Gasteiger partial charge is 0.274 e. The largest absolute Gasteiger partial charge is 0.495 e. The molecule has 0 saturated heterocycles. The number of hydrogen-bond donors (Lipinski definition) is 1. The van der Waals surface area contributed by atoms with E-state index in [2.05, 4.69) is 10.3 Å². The van der Waals surface area contributed by atoms with Gasteiger partial charge in [0, 0.05) is 11.9 Å². The van der Waals surface area contributed by atoms with Gasteiger partial charge in [-0.1, -0.05) is 11.6 Å². The summed E-state index contributed by atoms with van der Waals surface area (Å²) in [5.74, 6) is 0.290. The Morgan fingerprint density at radius 1 is 1.32 bits per heavy atom. The molecule has 2 aromatic rings. The molecule has 5 heteroatoms. The van der Waals surface area contributed by atoms with Crippen LogP contribution in [0.4, 0.5) is 5.69 Å². The number of rotatable bonds is 3. The van der Waals surface area contributed by atoms with Crippen molar-refractivity contribution in [2.24, 2.45) is 0 Å². The number of carbonyl (C=O) groups excluding carboxylic acids is 1. The fourth-order valence-electron chi connectivity index (χ4n) is 1.60. The van der Waals surface area contributed by atoms with Gasteiger partial charge in [-0.2, -0.15) is 0 Å². The van der Waals surface area contributed by atoms with E-state index in [0.717, 1.165) is 5.56 Å². The van der Waals surface area contributed by atoms with E-state index in [1.54, 1.807) is 30.5 Å². The van der Waals surface area contributed by atoms with Crippen molar-refractivity contribution in [3.63, 3.8) is 0 Å². The predicted octanol–water partition coefficient (Wildman–Crippen LogP) is 3.30. The maximum atomic E-state index is 12.0. The van der Waals surface area contributed by atoms with Crippen molar-refractivity contribution in [1.82, 2.24) is 4.98 Å². The number of benzene rings is 1. The number of pyridine rings is 1. The minimum atomic E-state index is -0.273. The first kappa shape index (κ1) is 13.4. The van der Waals surface area contributed by atoms with Crippen LogP contribution in [-0.2, 0) is 0 Å². The van der Waals surface area contributed by atoms with Gasteiger partial charge in [0.1, 0.15) is 11.4 Å². The highest BCUT2D eigenvalue weighted by Crippen LogP contribution is 2.27. The molecule has 0 saturated carbocycles. The molecule has 0 fully saturated rings. The Morgan fingerprint density at radius 3 is 2.74 bits per heavy atom. The molecule has 0 bridgehead atoms. The molecule has 1 aromatic heterocycles. The summed E-state index contributed by atoms with van der Waals surface area (Å²) >= 11 is 5.99. The Kier molecular flexibility index (Phi) is 4.02. The minimum Gasteiger partial charge on any atom is -0.495 e. The maximum absolute atomic E-state index is 12.0. The average molecular weight is 277 g/mol. The van der Waals surface area contributed by atoms with Crippen LogP contribution in [0, 0.1) is 6.92 Å². The second-order valence-corrected chi connectivity index (χ2v) is 4.43. The lowest BCUT2D eigenvalue weighted by molar-refractivity contribution is 0.102. The van der Waals surface area contributed by atoms with Crippen LogP contribution >= 0.6 is 11.6 Å². The zero-order chi connectivity index (χ0) is 13.8. The van der Waals surface area contributed by atoms with Crippen LogP contribution in [0.5, 0.6) is 5.75 Å². The first-order valence-electron chi connectivity index (χ1n) is 5.67. The molecule has 98 valence electrons. The molecule has 0 aliphatic carbocycles. The summed E-state index contributed by atoms with van der Waals surface area (Å²) in [6.07, 6.45) is 1.60. The quantitative estimate of drug-likeness (QED) is 0.936. The molecule has 2 rings (SSSR count). The molecular weight excluding hydrogens is 264 g/mol. The number of nitrogens with zero attached hydrogens (tertiary/aromatic N) is 1. The third-order valence-electron chi connectivity index (χ3n) is 2.56. The van der Waals surface area contributed by atoms with Gasteiger partial charge in [-0.05, 0) is 42.8 Å². The van der Waals surface area contributed by atoms with E-state index in [9.17, 15) is 4.79 Å². The molecule has 0 aliphatic heterocycles. The van der Waals surface area contributed by atoms with Gasteiger partial charge < -0.3 is 10.1 Å². The molecule has 1 N–H and O–H groups in total. The van der Waals surface area contributed by atoms with E-state index in [1.165, 1.54) is 7.11 Å². The lowest BCUT2D eigenvalue weighted by Crippen LogP contribution is -2.13. The standard InChI is InChI=1S/C14H13ClN2O2/c1-9-5-6-16-12(7-9)14(18)17-10-3-4-13(19-2)11(15)8-10/h3-8H,1-2H3,(H,17,18). The molecule has 0 atom stereocenters. The predicted molar refractivity (Wildman–Crippen MR) is 74.9 cm³/mol. The van der Waals surface area contributed by atoms with Crippen LogP contribution in [0.25, 0.3) is 0 Å². The maximum Gasteiger partial charge on any atom is 0.274 e. The van der Waals surface area contributed by atoms with Crippen LogP contribution in [0.15, 0.2) is 36.5 Å². The van der Waals surface area contributed by atoms with Gasteiger partial charge in [-0.15, -0.1) is 0 Å². The Bertz CT molecular complexity index is 614. The van der Waals surface area contributed by atoms with Crippen molar-refractivity contribution in [2.45, 2.75) is 6.92 Å². The number of halogens is 1. The number of aromatic nitrogens is 1. The highest BCUT2D eigenvalue weighted by Gasteiger charge is 2.09. The van der Waals surface area contributed by atoms with E-state index >= 15 is 0 Å². The van der Waals surface area contributed by atoms with E-state index < -0.39 is 0 Å². The first-order chi connectivity index (χ1) is 9.10. The van der Waals surface area contributed by atoms with E-state index in [0.29, 0.717) is 22.2 Å². The van der Waals surface area contributed by atoms with Gasteiger partial charge in [-0.25, -0.2) is 0 Å². The van der Waals surface area contributed by atoms with Crippen molar-refractivity contribution in [3.8, 4) is 5.75 Å². The zero-order valence-electron chi connectivity index (χ0n) is 10.6. The molecular formula is C14H13ClN2O2. The second kappa shape index (κ2) is 5.71.